The fourth-order valence-corrected chi connectivity index (χ4v) is 4.72. The number of carbonyl (C=O) groups excluding carboxylic acids is 2. The summed E-state index contributed by atoms with van der Waals surface area (Å²) in [5, 5.41) is 0.624. The van der Waals surface area contributed by atoms with Gasteiger partial charge in [-0.25, -0.2) is 0 Å². The maximum atomic E-state index is 13.8. The second-order valence-electron chi connectivity index (χ2n) is 8.01. The molecule has 2 aliphatic rings. The third kappa shape index (κ3) is 3.79. The first-order valence-electron chi connectivity index (χ1n) is 10.4. The lowest BCUT2D eigenvalue weighted by Crippen LogP contribution is -2.48. The molecule has 8 heteroatoms. The Morgan fingerprint density at radius 1 is 0.969 bits per heavy atom. The number of benzene rings is 2. The predicted molar refractivity (Wildman–Crippen MR) is 127 cm³/mol. The Kier molecular flexibility index (Phi) is 5.66. The average molecular weight is 489 g/mol. The molecule has 1 atom stereocenters. The van der Waals surface area contributed by atoms with Crippen LogP contribution in [-0.4, -0.2) is 38.7 Å². The lowest BCUT2D eigenvalue weighted by molar-refractivity contribution is -0.134. The zero-order chi connectivity index (χ0) is 22.4. The van der Waals surface area contributed by atoms with Crippen LogP contribution in [0.1, 0.15) is 30.1 Å². The molecule has 5 nitrogen and oxygen atoms in total. The monoisotopic (exact) mass is 487 g/mol. The lowest BCUT2D eigenvalue weighted by Gasteiger charge is -2.39. The summed E-state index contributed by atoms with van der Waals surface area (Å²) in [7, 11) is 0. The fourth-order valence-electron chi connectivity index (χ4n) is 4.34. The van der Waals surface area contributed by atoms with E-state index in [0.29, 0.717) is 5.02 Å². The van der Waals surface area contributed by atoms with Crippen LogP contribution in [0.4, 0.5) is 5.69 Å². The first kappa shape index (κ1) is 21.4. The normalized spacial score (nSPS) is 17.1. The van der Waals surface area contributed by atoms with Gasteiger partial charge in [-0.2, -0.15) is 0 Å². The van der Waals surface area contributed by atoms with Gasteiger partial charge in [-0.05, 0) is 54.8 Å². The molecule has 164 valence electrons. The fraction of sp³-hybridized carbons (Fsp3) is 0.250. The Bertz CT molecular complexity index is 1170. The highest BCUT2D eigenvalue weighted by Crippen LogP contribution is 2.42. The SMILES string of the molecule is O=C(C(Cl)Cl)N(CC(=O)N1c2ccccc2-n2cccc2C1c1ccc(Cl)cc1)C1CC1. The van der Waals surface area contributed by atoms with E-state index in [9.17, 15) is 9.59 Å². The smallest absolute Gasteiger partial charge is 0.256 e. The molecule has 1 fully saturated rings. The third-order valence-electron chi connectivity index (χ3n) is 5.94. The Morgan fingerprint density at radius 2 is 1.66 bits per heavy atom. The maximum Gasteiger partial charge on any atom is 0.256 e. The molecular weight excluding hydrogens is 469 g/mol. The summed E-state index contributed by atoms with van der Waals surface area (Å²) in [6.45, 7) is -0.0847. The van der Waals surface area contributed by atoms with Crippen LogP contribution in [0.3, 0.4) is 0 Å². The Balaban J connectivity index is 1.59. The summed E-state index contributed by atoms with van der Waals surface area (Å²) < 4.78 is 2.09. The minimum absolute atomic E-state index is 0.00401. The van der Waals surface area contributed by atoms with Crippen molar-refractivity contribution in [2.24, 2.45) is 0 Å². The predicted octanol–water partition coefficient (Wildman–Crippen LogP) is 5.36. The van der Waals surface area contributed by atoms with Crippen molar-refractivity contribution in [2.75, 3.05) is 11.4 Å². The summed E-state index contributed by atoms with van der Waals surface area (Å²) >= 11 is 17.9. The highest BCUT2D eigenvalue weighted by molar-refractivity contribution is 6.53. The summed E-state index contributed by atoms with van der Waals surface area (Å²) in [6, 6.07) is 18.9. The van der Waals surface area contributed by atoms with E-state index < -0.39 is 10.7 Å². The number of carbonyl (C=O) groups is 2. The van der Waals surface area contributed by atoms with Crippen LogP contribution in [0, 0.1) is 0 Å². The molecular formula is C24H20Cl3N3O2. The van der Waals surface area contributed by atoms with Gasteiger partial charge in [0.15, 0.2) is 4.84 Å². The van der Waals surface area contributed by atoms with Crippen molar-refractivity contribution in [3.8, 4) is 5.69 Å². The first-order valence-corrected chi connectivity index (χ1v) is 11.6. The van der Waals surface area contributed by atoms with Gasteiger partial charge in [0, 0.05) is 17.3 Å². The van der Waals surface area contributed by atoms with Crippen LogP contribution < -0.4 is 4.90 Å². The summed E-state index contributed by atoms with van der Waals surface area (Å²) in [6.07, 6.45) is 3.68. The van der Waals surface area contributed by atoms with Gasteiger partial charge >= 0.3 is 0 Å². The van der Waals surface area contributed by atoms with Crippen LogP contribution in [0.2, 0.25) is 5.02 Å². The van der Waals surface area contributed by atoms with E-state index in [1.807, 2.05) is 66.9 Å². The van der Waals surface area contributed by atoms with Gasteiger partial charge < -0.3 is 9.47 Å². The van der Waals surface area contributed by atoms with Crippen molar-refractivity contribution < 1.29 is 9.59 Å². The van der Waals surface area contributed by atoms with Gasteiger partial charge in [-0.3, -0.25) is 14.5 Å². The summed E-state index contributed by atoms with van der Waals surface area (Å²) in [5.74, 6) is -0.625. The van der Waals surface area contributed by atoms with Crippen LogP contribution in [0.15, 0.2) is 66.9 Å². The van der Waals surface area contributed by atoms with E-state index in [-0.39, 0.29) is 24.5 Å². The molecule has 0 bridgehead atoms. The van der Waals surface area contributed by atoms with Crippen LogP contribution in [0.5, 0.6) is 0 Å². The van der Waals surface area contributed by atoms with E-state index in [1.54, 1.807) is 4.90 Å². The Morgan fingerprint density at radius 3 is 2.31 bits per heavy atom. The molecule has 2 amide bonds. The quantitative estimate of drug-likeness (QED) is 0.454. The molecule has 0 saturated heterocycles. The number of fused-ring (bicyclic) bond motifs is 3. The van der Waals surface area contributed by atoms with E-state index >= 15 is 0 Å². The van der Waals surface area contributed by atoms with E-state index in [0.717, 1.165) is 35.5 Å². The third-order valence-corrected chi connectivity index (χ3v) is 6.56. The molecule has 1 saturated carbocycles. The molecule has 0 N–H and O–H groups in total. The first-order chi connectivity index (χ1) is 15.5. The van der Waals surface area contributed by atoms with Crippen LogP contribution in [0.25, 0.3) is 5.69 Å². The number of rotatable bonds is 5. The summed E-state index contributed by atoms with van der Waals surface area (Å²) in [5.41, 5.74) is 3.56. The molecule has 1 unspecified atom stereocenters. The molecule has 1 aliphatic heterocycles. The molecule has 32 heavy (non-hydrogen) atoms. The molecule has 2 heterocycles. The van der Waals surface area contributed by atoms with Crippen molar-refractivity contribution in [1.29, 1.82) is 0 Å². The van der Waals surface area contributed by atoms with Crippen molar-refractivity contribution in [3.63, 3.8) is 0 Å². The largest absolute Gasteiger partial charge is 0.328 e. The second kappa shape index (κ2) is 8.47. The van der Waals surface area contributed by atoms with Gasteiger partial charge in [-0.15, -0.1) is 0 Å². The number of halogens is 3. The highest BCUT2D eigenvalue weighted by Gasteiger charge is 2.40. The number of amides is 2. The molecule has 0 spiro atoms. The zero-order valence-electron chi connectivity index (χ0n) is 17.0. The molecule has 5 rings (SSSR count). The number of hydrogen-bond acceptors (Lipinski definition) is 2. The summed E-state index contributed by atoms with van der Waals surface area (Å²) in [4.78, 5) is 28.5. The van der Waals surface area contributed by atoms with E-state index in [4.69, 9.17) is 34.8 Å². The van der Waals surface area contributed by atoms with E-state index in [1.165, 1.54) is 4.90 Å². The van der Waals surface area contributed by atoms with Gasteiger partial charge in [0.1, 0.15) is 12.6 Å². The molecule has 1 aliphatic carbocycles. The number of aromatic nitrogens is 1. The van der Waals surface area contributed by atoms with Gasteiger partial charge in [0.05, 0.1) is 17.1 Å². The van der Waals surface area contributed by atoms with Gasteiger partial charge in [0.2, 0.25) is 5.91 Å². The second-order valence-corrected chi connectivity index (χ2v) is 9.54. The number of nitrogens with zero attached hydrogens (tertiary/aromatic N) is 3. The van der Waals surface area contributed by atoms with Crippen molar-refractivity contribution >= 4 is 52.3 Å². The average Bonchev–Trinajstić information content (AvgIpc) is 3.52. The topological polar surface area (TPSA) is 45.6 Å². The molecule has 2 aromatic carbocycles. The zero-order valence-corrected chi connectivity index (χ0v) is 19.3. The van der Waals surface area contributed by atoms with Gasteiger partial charge in [0.25, 0.3) is 5.91 Å². The molecule has 3 aromatic rings. The van der Waals surface area contributed by atoms with Crippen molar-refractivity contribution in [3.05, 3.63) is 83.1 Å². The van der Waals surface area contributed by atoms with Gasteiger partial charge in [-0.1, -0.05) is 59.1 Å². The number of alkyl halides is 2. The maximum absolute atomic E-state index is 13.8. The van der Waals surface area contributed by atoms with Crippen molar-refractivity contribution in [2.45, 2.75) is 29.8 Å². The van der Waals surface area contributed by atoms with Crippen LogP contribution >= 0.6 is 34.8 Å². The Labute approximate surface area is 201 Å². The minimum Gasteiger partial charge on any atom is -0.328 e. The molecule has 0 radical (unpaired) electrons. The number of hydrogen-bond donors (Lipinski definition) is 0. The van der Waals surface area contributed by atoms with Crippen molar-refractivity contribution in [1.82, 2.24) is 9.47 Å². The number of para-hydroxylation sites is 2. The standard InChI is InChI=1S/C24H20Cl3N3O2/c25-16-9-7-15(8-10-16)22-20-6-3-13-28(20)18-4-1-2-5-19(18)30(22)21(31)14-29(17-11-12-17)24(32)23(26)27/h1-10,13,17,22-23H,11-12,14H2. The highest BCUT2D eigenvalue weighted by atomic mass is 35.5. The number of anilines is 1. The Hall–Kier alpha value is -2.47. The van der Waals surface area contributed by atoms with E-state index in [2.05, 4.69) is 4.57 Å². The van der Waals surface area contributed by atoms with Crippen LogP contribution in [-0.2, 0) is 9.59 Å². The minimum atomic E-state index is -1.19. The lowest BCUT2D eigenvalue weighted by atomic mass is 9.97. The molecule has 1 aromatic heterocycles.